The number of rotatable bonds is 5. The van der Waals surface area contributed by atoms with Crippen LogP contribution in [0.1, 0.15) is 39.5 Å². The molecular weight excluding hydrogens is 261 g/mol. The molecule has 110 valence electrons. The number of amides is 2. The Hall–Kier alpha value is -1.27. The van der Waals surface area contributed by atoms with Gasteiger partial charge in [-0.15, -0.1) is 0 Å². The van der Waals surface area contributed by atoms with Crippen LogP contribution in [0.25, 0.3) is 0 Å². The SMILES string of the molecule is CCCC1C(=O)NC(C)C(=O)N1CCCC(F)(F)F. The number of carbonyl (C=O) groups is 2. The molecule has 1 rings (SSSR count). The van der Waals surface area contributed by atoms with Gasteiger partial charge in [0.2, 0.25) is 11.8 Å². The van der Waals surface area contributed by atoms with Gasteiger partial charge < -0.3 is 10.2 Å². The molecule has 0 aromatic rings. The van der Waals surface area contributed by atoms with Crippen LogP contribution in [0.3, 0.4) is 0 Å². The molecule has 1 fully saturated rings. The van der Waals surface area contributed by atoms with Gasteiger partial charge in [0, 0.05) is 13.0 Å². The van der Waals surface area contributed by atoms with Gasteiger partial charge in [0.05, 0.1) is 0 Å². The summed E-state index contributed by atoms with van der Waals surface area (Å²) in [7, 11) is 0. The van der Waals surface area contributed by atoms with E-state index in [0.29, 0.717) is 12.8 Å². The van der Waals surface area contributed by atoms with Crippen LogP contribution in [0.4, 0.5) is 13.2 Å². The third kappa shape index (κ3) is 4.40. The van der Waals surface area contributed by atoms with Crippen molar-refractivity contribution in [2.24, 2.45) is 0 Å². The maximum atomic E-state index is 12.1. The lowest BCUT2D eigenvalue weighted by molar-refractivity contribution is -0.151. The number of alkyl halides is 3. The minimum Gasteiger partial charge on any atom is -0.343 e. The summed E-state index contributed by atoms with van der Waals surface area (Å²) >= 11 is 0. The number of nitrogens with one attached hydrogen (secondary N) is 1. The van der Waals surface area contributed by atoms with Crippen LogP contribution in [0.5, 0.6) is 0 Å². The number of hydrogen-bond acceptors (Lipinski definition) is 2. The zero-order chi connectivity index (χ0) is 14.6. The van der Waals surface area contributed by atoms with Crippen molar-refractivity contribution in [3.8, 4) is 0 Å². The number of halogens is 3. The lowest BCUT2D eigenvalue weighted by Crippen LogP contribution is -2.62. The van der Waals surface area contributed by atoms with E-state index in [1.54, 1.807) is 6.92 Å². The number of piperazine rings is 1. The predicted molar refractivity (Wildman–Crippen MR) is 63.3 cm³/mol. The molecule has 0 bridgehead atoms. The van der Waals surface area contributed by atoms with Crippen molar-refractivity contribution in [3.05, 3.63) is 0 Å². The summed E-state index contributed by atoms with van der Waals surface area (Å²) in [5.41, 5.74) is 0. The fraction of sp³-hybridized carbons (Fsp3) is 0.833. The number of hydrogen-bond donors (Lipinski definition) is 1. The highest BCUT2D eigenvalue weighted by Crippen LogP contribution is 2.23. The van der Waals surface area contributed by atoms with Crippen LogP contribution in [-0.4, -0.2) is 41.5 Å². The average Bonchev–Trinajstić information content (AvgIpc) is 2.28. The molecule has 1 aliphatic rings. The summed E-state index contributed by atoms with van der Waals surface area (Å²) in [6, 6.07) is -1.30. The quantitative estimate of drug-likeness (QED) is 0.835. The van der Waals surface area contributed by atoms with Crippen LogP contribution in [0, 0.1) is 0 Å². The molecule has 2 amide bonds. The Kier molecular flexibility index (Phi) is 5.20. The first-order valence-electron chi connectivity index (χ1n) is 6.44. The Morgan fingerprint density at radius 3 is 2.47 bits per heavy atom. The predicted octanol–water partition coefficient (Wildman–Crippen LogP) is 1.84. The molecule has 0 radical (unpaired) electrons. The third-order valence-electron chi connectivity index (χ3n) is 3.11. The van der Waals surface area contributed by atoms with Gasteiger partial charge in [0.1, 0.15) is 12.1 Å². The van der Waals surface area contributed by atoms with Gasteiger partial charge in [-0.2, -0.15) is 13.2 Å². The number of carbonyl (C=O) groups excluding carboxylic acids is 2. The van der Waals surface area contributed by atoms with E-state index in [0.717, 1.165) is 0 Å². The van der Waals surface area contributed by atoms with Crippen molar-refractivity contribution in [1.29, 1.82) is 0 Å². The lowest BCUT2D eigenvalue weighted by atomic mass is 10.0. The van der Waals surface area contributed by atoms with E-state index in [2.05, 4.69) is 5.32 Å². The number of nitrogens with zero attached hydrogens (tertiary/aromatic N) is 1. The minimum absolute atomic E-state index is 0.0270. The Balaban J connectivity index is 2.67. The van der Waals surface area contributed by atoms with Crippen molar-refractivity contribution >= 4 is 11.8 Å². The van der Waals surface area contributed by atoms with Gasteiger partial charge in [0.15, 0.2) is 0 Å². The van der Waals surface area contributed by atoms with Crippen molar-refractivity contribution in [2.75, 3.05) is 6.54 Å². The summed E-state index contributed by atoms with van der Waals surface area (Å²) in [5, 5.41) is 2.55. The highest BCUT2D eigenvalue weighted by Gasteiger charge is 2.38. The Morgan fingerprint density at radius 1 is 1.32 bits per heavy atom. The van der Waals surface area contributed by atoms with E-state index in [9.17, 15) is 22.8 Å². The second-order valence-electron chi connectivity index (χ2n) is 4.79. The van der Waals surface area contributed by atoms with Crippen molar-refractivity contribution in [1.82, 2.24) is 10.2 Å². The smallest absolute Gasteiger partial charge is 0.343 e. The fourth-order valence-corrected chi connectivity index (χ4v) is 2.19. The monoisotopic (exact) mass is 280 g/mol. The molecule has 2 unspecified atom stereocenters. The molecule has 1 N–H and O–H groups in total. The Morgan fingerprint density at radius 2 is 1.95 bits per heavy atom. The van der Waals surface area contributed by atoms with Crippen molar-refractivity contribution in [2.45, 2.75) is 57.8 Å². The molecule has 0 aliphatic carbocycles. The van der Waals surface area contributed by atoms with E-state index in [1.165, 1.54) is 4.90 Å². The average molecular weight is 280 g/mol. The molecule has 0 aromatic carbocycles. The third-order valence-corrected chi connectivity index (χ3v) is 3.11. The molecular formula is C12H19F3N2O2. The first kappa shape index (κ1) is 15.8. The van der Waals surface area contributed by atoms with E-state index in [-0.39, 0.29) is 24.8 Å². The second kappa shape index (κ2) is 6.25. The van der Waals surface area contributed by atoms with Gasteiger partial charge in [-0.05, 0) is 19.8 Å². The first-order chi connectivity index (χ1) is 8.76. The van der Waals surface area contributed by atoms with Gasteiger partial charge >= 0.3 is 6.18 Å². The molecule has 2 atom stereocenters. The molecule has 0 spiro atoms. The Bertz CT molecular complexity index is 344. The molecule has 0 saturated carbocycles. The largest absolute Gasteiger partial charge is 0.389 e. The van der Waals surface area contributed by atoms with E-state index < -0.39 is 24.7 Å². The standard InChI is InChI=1S/C12H19F3N2O2/c1-3-5-9-10(18)16-8(2)11(19)17(9)7-4-6-12(13,14)15/h8-9H,3-7H2,1-2H3,(H,16,18). The summed E-state index contributed by atoms with van der Waals surface area (Å²) in [6.45, 7) is 3.38. The zero-order valence-corrected chi connectivity index (χ0v) is 11.1. The summed E-state index contributed by atoms with van der Waals surface area (Å²) < 4.78 is 36.4. The van der Waals surface area contributed by atoms with Gasteiger partial charge in [-0.25, -0.2) is 0 Å². The fourth-order valence-electron chi connectivity index (χ4n) is 2.19. The Labute approximate surface area is 110 Å². The normalized spacial score (nSPS) is 24.6. The molecule has 7 heteroatoms. The molecule has 1 saturated heterocycles. The highest BCUT2D eigenvalue weighted by molar-refractivity contribution is 5.96. The van der Waals surface area contributed by atoms with E-state index in [1.807, 2.05) is 6.92 Å². The van der Waals surface area contributed by atoms with Crippen molar-refractivity contribution in [3.63, 3.8) is 0 Å². The van der Waals surface area contributed by atoms with Crippen LogP contribution in [-0.2, 0) is 9.59 Å². The van der Waals surface area contributed by atoms with Gasteiger partial charge in [0.25, 0.3) is 0 Å². The van der Waals surface area contributed by atoms with Crippen LogP contribution in [0.15, 0.2) is 0 Å². The van der Waals surface area contributed by atoms with Crippen LogP contribution < -0.4 is 5.32 Å². The maximum Gasteiger partial charge on any atom is 0.389 e. The summed E-state index contributed by atoms with van der Waals surface area (Å²) in [4.78, 5) is 25.0. The van der Waals surface area contributed by atoms with Crippen LogP contribution in [0.2, 0.25) is 0 Å². The van der Waals surface area contributed by atoms with Crippen LogP contribution >= 0.6 is 0 Å². The molecule has 0 aromatic heterocycles. The van der Waals surface area contributed by atoms with Gasteiger partial charge in [-0.3, -0.25) is 9.59 Å². The second-order valence-corrected chi connectivity index (χ2v) is 4.79. The van der Waals surface area contributed by atoms with E-state index >= 15 is 0 Å². The molecule has 1 heterocycles. The topological polar surface area (TPSA) is 49.4 Å². The van der Waals surface area contributed by atoms with E-state index in [4.69, 9.17) is 0 Å². The van der Waals surface area contributed by atoms with Gasteiger partial charge in [-0.1, -0.05) is 13.3 Å². The lowest BCUT2D eigenvalue weighted by Gasteiger charge is -2.38. The van der Waals surface area contributed by atoms with Crippen molar-refractivity contribution < 1.29 is 22.8 Å². The zero-order valence-electron chi connectivity index (χ0n) is 11.1. The maximum absolute atomic E-state index is 12.1. The molecule has 4 nitrogen and oxygen atoms in total. The first-order valence-corrected chi connectivity index (χ1v) is 6.44. The summed E-state index contributed by atoms with van der Waals surface area (Å²) in [5.74, 6) is -0.582. The molecule has 19 heavy (non-hydrogen) atoms. The highest BCUT2D eigenvalue weighted by atomic mass is 19.4. The minimum atomic E-state index is -4.23. The molecule has 1 aliphatic heterocycles. The summed E-state index contributed by atoms with van der Waals surface area (Å²) in [6.07, 6.45) is -4.18.